The fourth-order valence-corrected chi connectivity index (χ4v) is 2.95. The van der Waals surface area contributed by atoms with E-state index in [4.69, 9.17) is 22.1 Å². The van der Waals surface area contributed by atoms with Gasteiger partial charge in [-0.25, -0.2) is 0 Å². The van der Waals surface area contributed by atoms with E-state index in [0.717, 1.165) is 31.0 Å². The molecule has 1 saturated heterocycles. The first-order chi connectivity index (χ1) is 9.56. The number of ether oxygens (including phenoxy) is 1. The van der Waals surface area contributed by atoms with Gasteiger partial charge in [0.1, 0.15) is 0 Å². The van der Waals surface area contributed by atoms with E-state index in [1.165, 1.54) is 12.7 Å². The Morgan fingerprint density at radius 2 is 2.10 bits per heavy atom. The molecule has 2 unspecified atom stereocenters. The van der Waals surface area contributed by atoms with E-state index in [1.54, 1.807) is 0 Å². The molecule has 0 saturated carbocycles. The normalized spacial score (nSPS) is 23.6. The van der Waals surface area contributed by atoms with E-state index in [-0.39, 0.29) is 12.0 Å². The number of likely N-dealkylation sites (tertiary alicyclic amines) is 1. The Kier molecular flexibility index (Phi) is 5.40. The van der Waals surface area contributed by atoms with Crippen LogP contribution in [0.15, 0.2) is 24.3 Å². The van der Waals surface area contributed by atoms with Crippen molar-refractivity contribution in [1.29, 1.82) is 0 Å². The summed E-state index contributed by atoms with van der Waals surface area (Å²) in [5.41, 5.74) is 7.35. The summed E-state index contributed by atoms with van der Waals surface area (Å²) in [7, 11) is 1.41. The lowest BCUT2D eigenvalue weighted by Gasteiger charge is -2.35. The summed E-state index contributed by atoms with van der Waals surface area (Å²) >= 11 is 5.89. The highest BCUT2D eigenvalue weighted by Gasteiger charge is 2.26. The molecule has 0 amide bonds. The lowest BCUT2D eigenvalue weighted by atomic mass is 9.89. The van der Waals surface area contributed by atoms with Gasteiger partial charge in [0.25, 0.3) is 0 Å². The molecular formula is C15H21ClN2O2. The average molecular weight is 297 g/mol. The first kappa shape index (κ1) is 15.3. The van der Waals surface area contributed by atoms with Crippen LogP contribution in [0.5, 0.6) is 0 Å². The van der Waals surface area contributed by atoms with Gasteiger partial charge in [-0.15, -0.1) is 0 Å². The predicted molar refractivity (Wildman–Crippen MR) is 79.7 cm³/mol. The van der Waals surface area contributed by atoms with Gasteiger partial charge in [0.05, 0.1) is 13.7 Å². The second kappa shape index (κ2) is 7.07. The molecule has 1 aliphatic rings. The summed E-state index contributed by atoms with van der Waals surface area (Å²) in [5.74, 6) is 0.258. The third-order valence-electron chi connectivity index (χ3n) is 3.66. The smallest absolute Gasteiger partial charge is 0.319 e. The van der Waals surface area contributed by atoms with Crippen molar-refractivity contribution < 1.29 is 9.53 Å². The number of carbonyl (C=O) groups excluding carboxylic acids is 1. The number of benzene rings is 1. The lowest BCUT2D eigenvalue weighted by Crippen LogP contribution is -2.49. The van der Waals surface area contributed by atoms with Gasteiger partial charge in [-0.3, -0.25) is 9.69 Å². The van der Waals surface area contributed by atoms with Gasteiger partial charge < -0.3 is 10.5 Å². The molecule has 0 bridgehead atoms. The van der Waals surface area contributed by atoms with E-state index < -0.39 is 0 Å². The monoisotopic (exact) mass is 296 g/mol. The molecule has 20 heavy (non-hydrogen) atoms. The van der Waals surface area contributed by atoms with E-state index in [0.29, 0.717) is 12.5 Å². The number of esters is 1. The van der Waals surface area contributed by atoms with Crippen LogP contribution in [-0.4, -0.2) is 43.7 Å². The van der Waals surface area contributed by atoms with Crippen molar-refractivity contribution in [3.63, 3.8) is 0 Å². The molecule has 1 aromatic carbocycles. The first-order valence-corrected chi connectivity index (χ1v) is 7.24. The van der Waals surface area contributed by atoms with Gasteiger partial charge >= 0.3 is 5.97 Å². The van der Waals surface area contributed by atoms with E-state index >= 15 is 0 Å². The van der Waals surface area contributed by atoms with Crippen LogP contribution in [0.25, 0.3) is 0 Å². The summed E-state index contributed by atoms with van der Waals surface area (Å²) < 4.78 is 4.72. The van der Waals surface area contributed by atoms with Crippen LogP contribution in [0, 0.1) is 5.92 Å². The highest BCUT2D eigenvalue weighted by Crippen LogP contribution is 2.21. The zero-order valence-electron chi connectivity index (χ0n) is 11.7. The molecule has 1 heterocycles. The van der Waals surface area contributed by atoms with Crippen LogP contribution in [-0.2, 0) is 16.0 Å². The number of nitrogens with zero attached hydrogens (tertiary/aromatic N) is 1. The quantitative estimate of drug-likeness (QED) is 0.860. The number of methoxy groups -OCH3 is 1. The standard InChI is InChI=1S/C15H21ClN2O2/c1-20-15(19)10-18-8-12(7-14(17)9-18)6-11-2-4-13(16)5-3-11/h2-5,12,14H,6-10,17H2,1H3. The minimum Gasteiger partial charge on any atom is -0.468 e. The van der Waals surface area contributed by atoms with Crippen LogP contribution >= 0.6 is 11.6 Å². The van der Waals surface area contributed by atoms with E-state index in [2.05, 4.69) is 4.90 Å². The molecule has 0 radical (unpaired) electrons. The highest BCUT2D eigenvalue weighted by atomic mass is 35.5. The van der Waals surface area contributed by atoms with Crippen molar-refractivity contribution in [3.05, 3.63) is 34.9 Å². The van der Waals surface area contributed by atoms with Crippen molar-refractivity contribution in [3.8, 4) is 0 Å². The summed E-state index contributed by atoms with van der Waals surface area (Å²) in [6, 6.07) is 8.03. The first-order valence-electron chi connectivity index (χ1n) is 6.86. The van der Waals surface area contributed by atoms with E-state index in [9.17, 15) is 4.79 Å². The second-order valence-electron chi connectivity index (χ2n) is 5.46. The fourth-order valence-electron chi connectivity index (χ4n) is 2.83. The van der Waals surface area contributed by atoms with Crippen LogP contribution in [0.3, 0.4) is 0 Å². The Morgan fingerprint density at radius 1 is 1.40 bits per heavy atom. The Balaban J connectivity index is 1.93. The number of halogens is 1. The maximum Gasteiger partial charge on any atom is 0.319 e. The van der Waals surface area contributed by atoms with Gasteiger partial charge in [-0.1, -0.05) is 23.7 Å². The predicted octanol–water partition coefficient (Wildman–Crippen LogP) is 1.70. The Hall–Kier alpha value is -1.10. The van der Waals surface area contributed by atoms with Gasteiger partial charge in [0, 0.05) is 24.2 Å². The Bertz CT molecular complexity index is 450. The van der Waals surface area contributed by atoms with Crippen molar-refractivity contribution in [2.24, 2.45) is 11.7 Å². The second-order valence-corrected chi connectivity index (χ2v) is 5.90. The molecule has 2 N–H and O–H groups in total. The van der Waals surface area contributed by atoms with Gasteiger partial charge in [-0.05, 0) is 36.5 Å². The number of rotatable bonds is 4. The molecule has 110 valence electrons. The third kappa shape index (κ3) is 4.47. The van der Waals surface area contributed by atoms with Crippen molar-refractivity contribution in [2.75, 3.05) is 26.7 Å². The molecule has 4 nitrogen and oxygen atoms in total. The largest absolute Gasteiger partial charge is 0.468 e. The van der Waals surface area contributed by atoms with E-state index in [1.807, 2.05) is 24.3 Å². The third-order valence-corrected chi connectivity index (χ3v) is 3.92. The van der Waals surface area contributed by atoms with Crippen LogP contribution < -0.4 is 5.73 Å². The van der Waals surface area contributed by atoms with Crippen LogP contribution in [0.1, 0.15) is 12.0 Å². The number of hydrogen-bond acceptors (Lipinski definition) is 4. The SMILES string of the molecule is COC(=O)CN1CC(N)CC(Cc2ccc(Cl)cc2)C1. The molecule has 0 spiro atoms. The summed E-state index contributed by atoms with van der Waals surface area (Å²) in [6.07, 6.45) is 1.95. The van der Waals surface area contributed by atoms with Crippen LogP contribution in [0.2, 0.25) is 5.02 Å². The molecule has 1 aliphatic heterocycles. The minimum absolute atomic E-state index is 0.116. The number of piperidine rings is 1. The topological polar surface area (TPSA) is 55.6 Å². The molecule has 2 rings (SSSR count). The zero-order chi connectivity index (χ0) is 14.5. The van der Waals surface area contributed by atoms with Crippen LogP contribution in [0.4, 0.5) is 0 Å². The van der Waals surface area contributed by atoms with Gasteiger partial charge in [0.15, 0.2) is 0 Å². The molecule has 0 aliphatic carbocycles. The highest BCUT2D eigenvalue weighted by molar-refractivity contribution is 6.30. The fraction of sp³-hybridized carbons (Fsp3) is 0.533. The van der Waals surface area contributed by atoms with Crippen molar-refractivity contribution in [1.82, 2.24) is 4.90 Å². The van der Waals surface area contributed by atoms with Crippen molar-refractivity contribution in [2.45, 2.75) is 18.9 Å². The molecule has 2 atom stereocenters. The lowest BCUT2D eigenvalue weighted by molar-refractivity contribution is -0.142. The average Bonchev–Trinajstić information content (AvgIpc) is 2.40. The summed E-state index contributed by atoms with van der Waals surface area (Å²) in [4.78, 5) is 13.5. The van der Waals surface area contributed by atoms with Crippen molar-refractivity contribution >= 4 is 17.6 Å². The molecule has 0 aromatic heterocycles. The van der Waals surface area contributed by atoms with Gasteiger partial charge in [-0.2, -0.15) is 0 Å². The number of carbonyl (C=O) groups is 1. The molecule has 1 fully saturated rings. The zero-order valence-corrected chi connectivity index (χ0v) is 12.5. The number of hydrogen-bond donors (Lipinski definition) is 1. The Labute approximate surface area is 124 Å². The molecule has 5 heteroatoms. The molecular weight excluding hydrogens is 276 g/mol. The molecule has 1 aromatic rings. The maximum absolute atomic E-state index is 11.4. The maximum atomic E-state index is 11.4. The minimum atomic E-state index is -0.204. The number of nitrogens with two attached hydrogens (primary N) is 1. The summed E-state index contributed by atoms with van der Waals surface area (Å²) in [6.45, 7) is 1.96. The Morgan fingerprint density at radius 3 is 2.75 bits per heavy atom. The van der Waals surface area contributed by atoms with Gasteiger partial charge in [0.2, 0.25) is 0 Å². The summed E-state index contributed by atoms with van der Waals surface area (Å²) in [5, 5.41) is 0.751.